The molecular weight excluding hydrogens is 234 g/mol. The van der Waals surface area contributed by atoms with E-state index in [0.29, 0.717) is 12.0 Å². The van der Waals surface area contributed by atoms with Crippen molar-refractivity contribution in [2.24, 2.45) is 11.8 Å². The minimum absolute atomic E-state index is 0.403. The second-order valence-corrected chi connectivity index (χ2v) is 6.20. The maximum Gasteiger partial charge on any atom is 0.205 e. The molecule has 1 atom stereocenters. The second kappa shape index (κ2) is 5.78. The number of rotatable bonds is 7. The van der Waals surface area contributed by atoms with Gasteiger partial charge in [-0.25, -0.2) is 0 Å². The van der Waals surface area contributed by atoms with Crippen molar-refractivity contribution < 1.29 is 4.74 Å². The number of nitrogens with one attached hydrogen (secondary N) is 1. The van der Waals surface area contributed by atoms with Gasteiger partial charge in [0, 0.05) is 13.5 Å². The zero-order chi connectivity index (χ0) is 12.3. The van der Waals surface area contributed by atoms with E-state index in [0.717, 1.165) is 29.1 Å². The topological polar surface area (TPSA) is 47.0 Å². The molecule has 0 aliphatic heterocycles. The van der Waals surface area contributed by atoms with Crippen molar-refractivity contribution in [3.8, 4) is 0 Å². The van der Waals surface area contributed by atoms with Crippen molar-refractivity contribution >= 4 is 16.5 Å². The average Bonchev–Trinajstić information content (AvgIpc) is 3.01. The highest BCUT2D eigenvalue weighted by molar-refractivity contribution is 7.15. The third kappa shape index (κ3) is 3.92. The summed E-state index contributed by atoms with van der Waals surface area (Å²) in [5.74, 6) is 1.39. The van der Waals surface area contributed by atoms with E-state index in [1.807, 2.05) is 0 Å². The maximum atomic E-state index is 5.24. The Morgan fingerprint density at radius 3 is 2.76 bits per heavy atom. The standard InChI is InChI=1S/C12H21N3OS/c1-8(2)6-11-14-15-12(17-11)13-10(7-16-3)9-4-5-9/h8-10H,4-7H2,1-3H3,(H,13,15). The van der Waals surface area contributed by atoms with Crippen molar-refractivity contribution in [1.29, 1.82) is 0 Å². The van der Waals surface area contributed by atoms with E-state index in [1.54, 1.807) is 18.4 Å². The van der Waals surface area contributed by atoms with Gasteiger partial charge in [-0.3, -0.25) is 0 Å². The normalized spacial score (nSPS) is 17.4. The Hall–Kier alpha value is -0.680. The maximum absolute atomic E-state index is 5.24. The molecule has 1 heterocycles. The molecule has 4 nitrogen and oxygen atoms in total. The summed E-state index contributed by atoms with van der Waals surface area (Å²) in [6.45, 7) is 5.16. The summed E-state index contributed by atoms with van der Waals surface area (Å²) in [4.78, 5) is 0. The monoisotopic (exact) mass is 255 g/mol. The quantitative estimate of drug-likeness (QED) is 0.813. The first-order chi connectivity index (χ1) is 8.19. The SMILES string of the molecule is COCC(Nc1nnc(CC(C)C)s1)C1CC1. The van der Waals surface area contributed by atoms with Gasteiger partial charge in [-0.2, -0.15) is 0 Å². The van der Waals surface area contributed by atoms with Crippen LogP contribution in [-0.2, 0) is 11.2 Å². The Kier molecular flexibility index (Phi) is 4.34. The van der Waals surface area contributed by atoms with Crippen LogP contribution < -0.4 is 5.32 Å². The molecule has 1 fully saturated rings. The molecular formula is C12H21N3OS. The summed E-state index contributed by atoms with van der Waals surface area (Å²) in [6, 6.07) is 0.403. The van der Waals surface area contributed by atoms with Crippen molar-refractivity contribution in [2.75, 3.05) is 19.0 Å². The average molecular weight is 255 g/mol. The van der Waals surface area contributed by atoms with Crippen LogP contribution in [0.3, 0.4) is 0 Å². The summed E-state index contributed by atoms with van der Waals surface area (Å²) in [5.41, 5.74) is 0. The molecule has 0 aromatic carbocycles. The van der Waals surface area contributed by atoms with Gasteiger partial charge in [0.15, 0.2) is 0 Å². The van der Waals surface area contributed by atoms with Gasteiger partial charge in [0.1, 0.15) is 5.01 Å². The van der Waals surface area contributed by atoms with Gasteiger partial charge in [0.2, 0.25) is 5.13 Å². The number of anilines is 1. The molecule has 1 N–H and O–H groups in total. The summed E-state index contributed by atoms with van der Waals surface area (Å²) in [6.07, 6.45) is 3.62. The largest absolute Gasteiger partial charge is 0.383 e. The van der Waals surface area contributed by atoms with Gasteiger partial charge in [-0.1, -0.05) is 25.2 Å². The molecule has 1 aliphatic rings. The minimum Gasteiger partial charge on any atom is -0.383 e. The van der Waals surface area contributed by atoms with Crippen LogP contribution in [0.5, 0.6) is 0 Å². The number of hydrogen-bond acceptors (Lipinski definition) is 5. The smallest absolute Gasteiger partial charge is 0.205 e. The first kappa shape index (κ1) is 12.8. The molecule has 1 aromatic heterocycles. The number of aromatic nitrogens is 2. The summed E-state index contributed by atoms with van der Waals surface area (Å²) in [5, 5.41) is 13.9. The fourth-order valence-electron chi connectivity index (χ4n) is 1.88. The Morgan fingerprint density at radius 2 is 2.18 bits per heavy atom. The van der Waals surface area contributed by atoms with E-state index in [1.165, 1.54) is 12.8 Å². The van der Waals surface area contributed by atoms with Crippen molar-refractivity contribution in [3.05, 3.63) is 5.01 Å². The molecule has 5 heteroatoms. The lowest BCUT2D eigenvalue weighted by molar-refractivity contribution is 0.179. The fraction of sp³-hybridized carbons (Fsp3) is 0.833. The van der Waals surface area contributed by atoms with Crippen LogP contribution in [0.1, 0.15) is 31.7 Å². The first-order valence-electron chi connectivity index (χ1n) is 6.27. The molecule has 96 valence electrons. The molecule has 0 spiro atoms. The van der Waals surface area contributed by atoms with Gasteiger partial charge in [-0.05, 0) is 24.7 Å². The van der Waals surface area contributed by atoms with Gasteiger partial charge in [0.25, 0.3) is 0 Å². The van der Waals surface area contributed by atoms with Crippen molar-refractivity contribution in [3.63, 3.8) is 0 Å². The summed E-state index contributed by atoms with van der Waals surface area (Å²) in [7, 11) is 1.75. The van der Waals surface area contributed by atoms with Gasteiger partial charge in [-0.15, -0.1) is 10.2 Å². The molecule has 0 saturated heterocycles. The van der Waals surface area contributed by atoms with Gasteiger partial charge in [0.05, 0.1) is 12.6 Å². The molecule has 0 amide bonds. The van der Waals surface area contributed by atoms with Crippen LogP contribution in [-0.4, -0.2) is 30.0 Å². The number of hydrogen-bond donors (Lipinski definition) is 1. The van der Waals surface area contributed by atoms with Gasteiger partial charge < -0.3 is 10.1 Å². The molecule has 2 rings (SSSR count). The summed E-state index contributed by atoms with van der Waals surface area (Å²) < 4.78 is 5.24. The first-order valence-corrected chi connectivity index (χ1v) is 7.08. The van der Waals surface area contributed by atoms with Gasteiger partial charge >= 0.3 is 0 Å². The van der Waals surface area contributed by atoms with E-state index in [-0.39, 0.29) is 0 Å². The predicted octanol–water partition coefficient (Wildman–Crippen LogP) is 2.57. The van der Waals surface area contributed by atoms with Crippen LogP contribution >= 0.6 is 11.3 Å². The predicted molar refractivity (Wildman–Crippen MR) is 70.5 cm³/mol. The molecule has 1 saturated carbocycles. The lowest BCUT2D eigenvalue weighted by atomic mass is 10.1. The second-order valence-electron chi connectivity index (χ2n) is 5.14. The van der Waals surface area contributed by atoms with E-state index in [2.05, 4.69) is 29.4 Å². The number of nitrogens with zero attached hydrogens (tertiary/aromatic N) is 2. The highest BCUT2D eigenvalue weighted by Crippen LogP contribution is 2.34. The lowest BCUT2D eigenvalue weighted by Crippen LogP contribution is -2.27. The fourth-order valence-corrected chi connectivity index (χ4v) is 2.89. The molecule has 17 heavy (non-hydrogen) atoms. The molecule has 1 aromatic rings. The summed E-state index contributed by atoms with van der Waals surface area (Å²) >= 11 is 1.67. The zero-order valence-electron chi connectivity index (χ0n) is 10.8. The Labute approximate surface area is 107 Å². The zero-order valence-corrected chi connectivity index (χ0v) is 11.6. The van der Waals surface area contributed by atoms with Crippen LogP contribution in [0.25, 0.3) is 0 Å². The third-order valence-electron chi connectivity index (χ3n) is 2.90. The minimum atomic E-state index is 0.403. The van der Waals surface area contributed by atoms with E-state index in [4.69, 9.17) is 4.74 Å². The molecule has 1 aliphatic carbocycles. The lowest BCUT2D eigenvalue weighted by Gasteiger charge is -2.15. The van der Waals surface area contributed by atoms with E-state index < -0.39 is 0 Å². The Balaban J connectivity index is 1.90. The van der Waals surface area contributed by atoms with Crippen LogP contribution in [0.4, 0.5) is 5.13 Å². The Morgan fingerprint density at radius 1 is 1.41 bits per heavy atom. The Bertz CT molecular complexity index is 349. The number of ether oxygens (including phenoxy) is 1. The van der Waals surface area contributed by atoms with E-state index >= 15 is 0 Å². The highest BCUT2D eigenvalue weighted by Gasteiger charge is 2.31. The molecule has 0 bridgehead atoms. The van der Waals surface area contributed by atoms with Crippen molar-refractivity contribution in [1.82, 2.24) is 10.2 Å². The highest BCUT2D eigenvalue weighted by atomic mass is 32.1. The number of methoxy groups -OCH3 is 1. The third-order valence-corrected chi connectivity index (χ3v) is 3.77. The molecule has 0 radical (unpaired) electrons. The van der Waals surface area contributed by atoms with E-state index in [9.17, 15) is 0 Å². The van der Waals surface area contributed by atoms with Crippen LogP contribution in [0.2, 0.25) is 0 Å². The van der Waals surface area contributed by atoms with Crippen LogP contribution in [0, 0.1) is 11.8 Å². The van der Waals surface area contributed by atoms with Crippen molar-refractivity contribution in [2.45, 2.75) is 39.2 Å². The van der Waals surface area contributed by atoms with Crippen LogP contribution in [0.15, 0.2) is 0 Å². The molecule has 1 unspecified atom stereocenters.